The Morgan fingerprint density at radius 2 is 1.95 bits per heavy atom. The van der Waals surface area contributed by atoms with Crippen molar-refractivity contribution in [1.29, 1.82) is 0 Å². The van der Waals surface area contributed by atoms with Gasteiger partial charge in [0.25, 0.3) is 0 Å². The van der Waals surface area contributed by atoms with Crippen molar-refractivity contribution in [2.24, 2.45) is 0 Å². The first-order valence-corrected chi connectivity index (χ1v) is 8.83. The van der Waals surface area contributed by atoms with E-state index in [-0.39, 0.29) is 28.9 Å². The number of aryl methyl sites for hydroxylation is 1. The average molecular weight is 324 g/mol. The fourth-order valence-electron chi connectivity index (χ4n) is 2.35. The average Bonchev–Trinajstić information content (AvgIpc) is 2.48. The Balaban J connectivity index is 2.01. The Bertz CT molecular complexity index is 667. The molecule has 6 nitrogen and oxygen atoms in total. The summed E-state index contributed by atoms with van der Waals surface area (Å²) in [4.78, 5) is 25.4. The van der Waals surface area contributed by atoms with Crippen molar-refractivity contribution < 1.29 is 18.0 Å². The maximum atomic E-state index is 12.2. The van der Waals surface area contributed by atoms with Crippen molar-refractivity contribution in [2.45, 2.75) is 31.2 Å². The van der Waals surface area contributed by atoms with Crippen LogP contribution in [0.2, 0.25) is 0 Å². The van der Waals surface area contributed by atoms with E-state index in [1.54, 1.807) is 31.2 Å². The fraction of sp³-hybridized carbons (Fsp3) is 0.467. The Labute approximate surface area is 130 Å². The molecule has 1 N–H and O–H groups in total. The number of amides is 2. The molecule has 0 radical (unpaired) electrons. The van der Waals surface area contributed by atoms with Crippen LogP contribution in [0.5, 0.6) is 0 Å². The quantitative estimate of drug-likeness (QED) is 0.874. The fourth-order valence-corrected chi connectivity index (χ4v) is 3.58. The molecule has 1 fully saturated rings. The van der Waals surface area contributed by atoms with Gasteiger partial charge in [-0.2, -0.15) is 0 Å². The van der Waals surface area contributed by atoms with Gasteiger partial charge in [0.2, 0.25) is 11.8 Å². The highest BCUT2D eigenvalue weighted by atomic mass is 32.2. The summed E-state index contributed by atoms with van der Waals surface area (Å²) in [7, 11) is -3.49. The number of piperazine rings is 1. The molecule has 1 aromatic carbocycles. The molecule has 0 saturated carbocycles. The number of benzene rings is 1. The molecule has 1 aliphatic heterocycles. The van der Waals surface area contributed by atoms with Gasteiger partial charge in [0.1, 0.15) is 6.04 Å². The molecule has 0 spiro atoms. The lowest BCUT2D eigenvalue weighted by atomic mass is 10.2. The highest BCUT2D eigenvalue weighted by molar-refractivity contribution is 7.91. The van der Waals surface area contributed by atoms with Crippen LogP contribution >= 0.6 is 0 Å². The van der Waals surface area contributed by atoms with E-state index in [0.717, 1.165) is 5.56 Å². The standard InChI is InChI=1S/C15H20N2O4S/c1-11-3-5-13(6-4-11)22(20,21)10-7-14(18)17-9-8-16-15(19)12(17)2/h3-6,12H,7-10H2,1-2H3,(H,16,19). The van der Waals surface area contributed by atoms with Gasteiger partial charge in [-0.15, -0.1) is 0 Å². The Morgan fingerprint density at radius 3 is 2.59 bits per heavy atom. The van der Waals surface area contributed by atoms with E-state index in [2.05, 4.69) is 5.32 Å². The van der Waals surface area contributed by atoms with E-state index in [0.29, 0.717) is 13.1 Å². The van der Waals surface area contributed by atoms with Gasteiger partial charge in [-0.25, -0.2) is 8.42 Å². The largest absolute Gasteiger partial charge is 0.353 e. The van der Waals surface area contributed by atoms with Gasteiger partial charge in [0, 0.05) is 19.5 Å². The molecule has 2 amide bonds. The van der Waals surface area contributed by atoms with Crippen LogP contribution in [-0.2, 0) is 19.4 Å². The van der Waals surface area contributed by atoms with Crippen LogP contribution in [0.3, 0.4) is 0 Å². The smallest absolute Gasteiger partial charge is 0.242 e. The SMILES string of the molecule is Cc1ccc(S(=O)(=O)CCC(=O)N2CCNC(=O)C2C)cc1. The maximum absolute atomic E-state index is 12.2. The molecule has 0 bridgehead atoms. The molecule has 120 valence electrons. The Morgan fingerprint density at radius 1 is 1.32 bits per heavy atom. The number of carbonyl (C=O) groups is 2. The number of hydrogen-bond donors (Lipinski definition) is 1. The third-order valence-corrected chi connectivity index (χ3v) is 5.52. The monoisotopic (exact) mass is 324 g/mol. The summed E-state index contributed by atoms with van der Waals surface area (Å²) in [6.45, 7) is 4.33. The number of rotatable bonds is 4. The van der Waals surface area contributed by atoms with Crippen molar-refractivity contribution in [3.05, 3.63) is 29.8 Å². The second kappa shape index (κ2) is 6.48. The minimum atomic E-state index is -3.49. The predicted octanol–water partition coefficient (Wildman–Crippen LogP) is 0.506. The summed E-state index contributed by atoms with van der Waals surface area (Å²) in [5.74, 6) is -0.765. The zero-order valence-corrected chi connectivity index (χ0v) is 13.5. The summed E-state index contributed by atoms with van der Waals surface area (Å²) < 4.78 is 24.5. The van der Waals surface area contributed by atoms with Gasteiger partial charge >= 0.3 is 0 Å². The summed E-state index contributed by atoms with van der Waals surface area (Å²) >= 11 is 0. The van der Waals surface area contributed by atoms with Crippen molar-refractivity contribution in [1.82, 2.24) is 10.2 Å². The first-order valence-electron chi connectivity index (χ1n) is 7.18. The predicted molar refractivity (Wildman–Crippen MR) is 82.0 cm³/mol. The number of hydrogen-bond acceptors (Lipinski definition) is 4. The highest BCUT2D eigenvalue weighted by Gasteiger charge is 2.29. The summed E-state index contributed by atoms with van der Waals surface area (Å²) in [5, 5.41) is 2.67. The zero-order chi connectivity index (χ0) is 16.3. The van der Waals surface area contributed by atoms with Crippen LogP contribution in [0, 0.1) is 6.92 Å². The van der Waals surface area contributed by atoms with Crippen LogP contribution in [0.25, 0.3) is 0 Å². The van der Waals surface area contributed by atoms with E-state index < -0.39 is 15.9 Å². The second-order valence-electron chi connectivity index (χ2n) is 5.44. The third-order valence-electron chi connectivity index (χ3n) is 3.78. The molecule has 0 aromatic heterocycles. The molecule has 1 atom stereocenters. The molecule has 22 heavy (non-hydrogen) atoms. The third kappa shape index (κ3) is 3.65. The summed E-state index contributed by atoms with van der Waals surface area (Å²) in [6.07, 6.45) is -0.117. The van der Waals surface area contributed by atoms with Gasteiger partial charge in [-0.1, -0.05) is 17.7 Å². The van der Waals surface area contributed by atoms with Crippen LogP contribution in [0.4, 0.5) is 0 Å². The Kier molecular flexibility index (Phi) is 4.85. The van der Waals surface area contributed by atoms with Crippen molar-refractivity contribution in [3.8, 4) is 0 Å². The van der Waals surface area contributed by atoms with E-state index in [1.165, 1.54) is 4.90 Å². The second-order valence-corrected chi connectivity index (χ2v) is 7.55. The molecule has 0 aliphatic carbocycles. The molecule has 2 rings (SSSR count). The van der Waals surface area contributed by atoms with Crippen LogP contribution in [-0.4, -0.2) is 50.0 Å². The zero-order valence-electron chi connectivity index (χ0n) is 12.7. The van der Waals surface area contributed by atoms with Gasteiger partial charge in [-0.3, -0.25) is 9.59 Å². The van der Waals surface area contributed by atoms with E-state index in [1.807, 2.05) is 6.92 Å². The minimum absolute atomic E-state index is 0.117. The number of sulfone groups is 1. The number of nitrogens with one attached hydrogen (secondary N) is 1. The molecule has 1 unspecified atom stereocenters. The Hall–Kier alpha value is -1.89. The van der Waals surface area contributed by atoms with E-state index >= 15 is 0 Å². The van der Waals surface area contributed by atoms with Crippen LogP contribution in [0.15, 0.2) is 29.2 Å². The first-order chi connectivity index (χ1) is 10.3. The van der Waals surface area contributed by atoms with Crippen molar-refractivity contribution in [3.63, 3.8) is 0 Å². The molecule has 1 aromatic rings. The van der Waals surface area contributed by atoms with E-state index in [4.69, 9.17) is 0 Å². The van der Waals surface area contributed by atoms with E-state index in [9.17, 15) is 18.0 Å². The molecule has 1 aliphatic rings. The lowest BCUT2D eigenvalue weighted by Crippen LogP contribution is -2.56. The first kappa shape index (κ1) is 16.5. The number of nitrogens with zero attached hydrogens (tertiary/aromatic N) is 1. The lowest BCUT2D eigenvalue weighted by Gasteiger charge is -2.32. The normalized spacial score (nSPS) is 18.9. The van der Waals surface area contributed by atoms with Gasteiger partial charge in [0.05, 0.1) is 10.6 Å². The molecular formula is C15H20N2O4S. The summed E-state index contributed by atoms with van der Waals surface area (Å²) in [5.41, 5.74) is 0.975. The highest BCUT2D eigenvalue weighted by Crippen LogP contribution is 2.14. The molecular weight excluding hydrogens is 304 g/mol. The molecule has 1 heterocycles. The topological polar surface area (TPSA) is 83.6 Å². The van der Waals surface area contributed by atoms with Crippen LogP contribution < -0.4 is 5.32 Å². The minimum Gasteiger partial charge on any atom is -0.353 e. The van der Waals surface area contributed by atoms with Crippen molar-refractivity contribution in [2.75, 3.05) is 18.8 Å². The molecule has 1 saturated heterocycles. The lowest BCUT2D eigenvalue weighted by molar-refractivity contribution is -0.142. The summed E-state index contributed by atoms with van der Waals surface area (Å²) in [6, 6.07) is 6.00. The van der Waals surface area contributed by atoms with Crippen LogP contribution in [0.1, 0.15) is 18.9 Å². The number of carbonyl (C=O) groups excluding carboxylic acids is 2. The van der Waals surface area contributed by atoms with Gasteiger partial charge in [-0.05, 0) is 26.0 Å². The van der Waals surface area contributed by atoms with Gasteiger partial charge < -0.3 is 10.2 Å². The van der Waals surface area contributed by atoms with Gasteiger partial charge in [0.15, 0.2) is 9.84 Å². The van der Waals surface area contributed by atoms with Crippen molar-refractivity contribution >= 4 is 21.7 Å². The molecule has 7 heteroatoms. The maximum Gasteiger partial charge on any atom is 0.242 e.